The average molecular weight is 325 g/mol. The highest BCUT2D eigenvalue weighted by molar-refractivity contribution is 6.40. The Morgan fingerprint density at radius 1 is 1.38 bits per heavy atom. The van der Waals surface area contributed by atoms with Gasteiger partial charge in [0.25, 0.3) is 11.6 Å². The van der Waals surface area contributed by atoms with Crippen LogP contribution in [0.2, 0.25) is 5.02 Å². The summed E-state index contributed by atoms with van der Waals surface area (Å²) < 4.78 is 38.1. The number of Topliss-reactive ketones (excluding diaryl/α,β-unsaturated/α-hetero) is 1. The van der Waals surface area contributed by atoms with E-state index in [4.69, 9.17) is 11.6 Å². The first-order valence-corrected chi connectivity index (χ1v) is 5.85. The van der Waals surface area contributed by atoms with Crippen LogP contribution < -0.4 is 5.32 Å². The van der Waals surface area contributed by atoms with E-state index in [1.807, 2.05) is 0 Å². The average Bonchev–Trinajstić information content (AvgIpc) is 2.37. The highest BCUT2D eigenvalue weighted by Crippen LogP contribution is 2.40. The Balaban J connectivity index is 3.37. The predicted molar refractivity (Wildman–Crippen MR) is 67.0 cm³/mol. The first-order chi connectivity index (χ1) is 9.57. The predicted octanol–water partition coefficient (Wildman–Crippen LogP) is 3.18. The van der Waals surface area contributed by atoms with Crippen LogP contribution in [0.4, 0.5) is 24.5 Å². The number of ketones is 1. The molecule has 10 heteroatoms. The summed E-state index contributed by atoms with van der Waals surface area (Å²) in [6, 6.07) is 0.789. The van der Waals surface area contributed by atoms with Gasteiger partial charge in [0.05, 0.1) is 15.5 Å². The third-order valence-corrected chi connectivity index (χ3v) is 2.72. The van der Waals surface area contributed by atoms with E-state index in [1.54, 1.807) is 5.32 Å². The zero-order valence-corrected chi connectivity index (χ0v) is 11.2. The zero-order valence-electron chi connectivity index (χ0n) is 10.5. The lowest BCUT2D eigenvalue weighted by Crippen LogP contribution is -2.22. The normalized spacial score (nSPS) is 11.1. The van der Waals surface area contributed by atoms with Gasteiger partial charge >= 0.3 is 6.18 Å². The molecule has 0 heterocycles. The van der Waals surface area contributed by atoms with E-state index in [2.05, 4.69) is 0 Å². The van der Waals surface area contributed by atoms with Crippen molar-refractivity contribution < 1.29 is 27.7 Å². The molecule has 0 bridgehead atoms. The lowest BCUT2D eigenvalue weighted by Gasteiger charge is -2.12. The van der Waals surface area contributed by atoms with Crippen LogP contribution in [0, 0.1) is 10.1 Å². The van der Waals surface area contributed by atoms with Gasteiger partial charge in [-0.05, 0) is 6.07 Å². The van der Waals surface area contributed by atoms with E-state index in [-0.39, 0.29) is 6.42 Å². The van der Waals surface area contributed by atoms with E-state index in [9.17, 15) is 32.9 Å². The fraction of sp³-hybridized carbons (Fsp3) is 0.273. The number of nitrogens with one attached hydrogen (secondary N) is 1. The third-order valence-electron chi connectivity index (χ3n) is 2.41. The number of rotatable bonds is 4. The van der Waals surface area contributed by atoms with E-state index < -0.39 is 44.8 Å². The van der Waals surface area contributed by atoms with Crippen molar-refractivity contribution >= 4 is 34.7 Å². The quantitative estimate of drug-likeness (QED) is 0.523. The van der Waals surface area contributed by atoms with E-state index in [0.29, 0.717) is 12.1 Å². The first kappa shape index (κ1) is 16.9. The van der Waals surface area contributed by atoms with Gasteiger partial charge < -0.3 is 5.32 Å². The number of benzene rings is 1. The maximum atomic E-state index is 12.7. The van der Waals surface area contributed by atoms with Crippen LogP contribution in [-0.2, 0) is 15.8 Å². The Labute approximate surface area is 121 Å². The smallest absolute Gasteiger partial charge is 0.314 e. The van der Waals surface area contributed by atoms with Gasteiger partial charge in [-0.15, -0.1) is 0 Å². The van der Waals surface area contributed by atoms with Crippen LogP contribution in [0.1, 0.15) is 18.9 Å². The van der Waals surface area contributed by atoms with Crippen LogP contribution in [-0.4, -0.2) is 16.6 Å². The molecule has 0 aromatic heterocycles. The number of carbonyl (C=O) groups is 2. The SMILES string of the molecule is CCC(=O)C(=O)Nc1cc(C(F)(F)F)c(Cl)cc1[N+](=O)[O-]. The number of halogens is 4. The van der Waals surface area contributed by atoms with Crippen LogP contribution in [0.25, 0.3) is 0 Å². The molecular weight excluding hydrogens is 317 g/mol. The molecule has 0 aliphatic rings. The number of nitrogens with zero attached hydrogens (tertiary/aromatic N) is 1. The van der Waals surface area contributed by atoms with Gasteiger partial charge in [0.2, 0.25) is 5.78 Å². The molecule has 114 valence electrons. The molecule has 1 aromatic carbocycles. The molecule has 1 rings (SSSR count). The maximum absolute atomic E-state index is 12.7. The van der Waals surface area contributed by atoms with Crippen molar-refractivity contribution in [1.82, 2.24) is 0 Å². The number of nitro groups is 1. The van der Waals surface area contributed by atoms with Crippen molar-refractivity contribution in [3.05, 3.63) is 32.8 Å². The molecule has 0 unspecified atom stereocenters. The molecule has 1 amide bonds. The second-order valence-electron chi connectivity index (χ2n) is 3.83. The Kier molecular flexibility index (Phi) is 4.89. The fourth-order valence-corrected chi connectivity index (χ4v) is 1.65. The molecule has 6 nitrogen and oxygen atoms in total. The summed E-state index contributed by atoms with van der Waals surface area (Å²) in [5.74, 6) is -2.16. The Morgan fingerprint density at radius 3 is 2.38 bits per heavy atom. The van der Waals surface area contributed by atoms with Gasteiger partial charge in [0.15, 0.2) is 0 Å². The van der Waals surface area contributed by atoms with Crippen LogP contribution >= 0.6 is 11.6 Å². The number of carbonyl (C=O) groups excluding carboxylic acids is 2. The summed E-state index contributed by atoms with van der Waals surface area (Å²) in [6.07, 6.45) is -5.06. The second-order valence-corrected chi connectivity index (χ2v) is 4.24. The van der Waals surface area contributed by atoms with Gasteiger partial charge in [-0.25, -0.2) is 0 Å². The largest absolute Gasteiger partial charge is 0.417 e. The van der Waals surface area contributed by atoms with E-state index in [0.717, 1.165) is 0 Å². The molecule has 0 saturated heterocycles. The van der Waals surface area contributed by atoms with Crippen molar-refractivity contribution in [3.8, 4) is 0 Å². The minimum absolute atomic E-state index is 0.195. The molecule has 0 aliphatic heterocycles. The summed E-state index contributed by atoms with van der Waals surface area (Å²) in [6.45, 7) is 1.36. The Morgan fingerprint density at radius 2 is 1.95 bits per heavy atom. The van der Waals surface area contributed by atoms with Crippen LogP contribution in [0.15, 0.2) is 12.1 Å². The highest BCUT2D eigenvalue weighted by atomic mass is 35.5. The van der Waals surface area contributed by atoms with Crippen molar-refractivity contribution in [2.75, 3.05) is 5.32 Å². The molecular formula is C11H8ClF3N2O4. The topological polar surface area (TPSA) is 89.3 Å². The van der Waals surface area contributed by atoms with Crippen LogP contribution in [0.5, 0.6) is 0 Å². The van der Waals surface area contributed by atoms with E-state index >= 15 is 0 Å². The summed E-state index contributed by atoms with van der Waals surface area (Å²) >= 11 is 5.35. The monoisotopic (exact) mass is 324 g/mol. The van der Waals surface area contributed by atoms with Gasteiger partial charge in [-0.1, -0.05) is 18.5 Å². The molecule has 0 fully saturated rings. The van der Waals surface area contributed by atoms with Crippen molar-refractivity contribution in [2.45, 2.75) is 19.5 Å². The molecule has 1 aromatic rings. The lowest BCUT2D eigenvalue weighted by atomic mass is 10.1. The number of amides is 1. The molecule has 0 saturated carbocycles. The molecule has 0 aliphatic carbocycles. The Bertz CT molecular complexity index is 616. The highest BCUT2D eigenvalue weighted by Gasteiger charge is 2.36. The summed E-state index contributed by atoms with van der Waals surface area (Å²) in [7, 11) is 0. The number of hydrogen-bond donors (Lipinski definition) is 1. The van der Waals surface area contributed by atoms with Gasteiger partial charge in [0.1, 0.15) is 5.69 Å². The molecule has 0 spiro atoms. The van der Waals surface area contributed by atoms with E-state index in [1.165, 1.54) is 6.92 Å². The lowest BCUT2D eigenvalue weighted by molar-refractivity contribution is -0.384. The Hall–Kier alpha value is -2.16. The minimum atomic E-state index is -4.86. The standard InChI is InChI=1S/C11H8ClF3N2O4/c1-2-9(18)10(19)16-7-3-5(11(13,14)15)6(12)4-8(7)17(20)21/h3-4H,2H2,1H3,(H,16,19). The van der Waals surface area contributed by atoms with Gasteiger partial charge in [-0.3, -0.25) is 19.7 Å². The number of hydrogen-bond acceptors (Lipinski definition) is 4. The minimum Gasteiger partial charge on any atom is -0.314 e. The van der Waals surface area contributed by atoms with Crippen LogP contribution in [0.3, 0.4) is 0 Å². The fourth-order valence-electron chi connectivity index (χ4n) is 1.38. The summed E-state index contributed by atoms with van der Waals surface area (Å²) in [4.78, 5) is 32.3. The molecule has 1 N–H and O–H groups in total. The number of alkyl halides is 3. The maximum Gasteiger partial charge on any atom is 0.417 e. The molecule has 0 radical (unpaired) electrons. The van der Waals surface area contributed by atoms with Crippen molar-refractivity contribution in [3.63, 3.8) is 0 Å². The third kappa shape index (κ3) is 3.91. The molecule has 21 heavy (non-hydrogen) atoms. The summed E-state index contributed by atoms with van der Waals surface area (Å²) in [5, 5.41) is 11.7. The van der Waals surface area contributed by atoms with Crippen molar-refractivity contribution in [1.29, 1.82) is 0 Å². The van der Waals surface area contributed by atoms with Gasteiger partial charge in [-0.2, -0.15) is 13.2 Å². The first-order valence-electron chi connectivity index (χ1n) is 5.47. The zero-order chi connectivity index (χ0) is 16.4. The number of nitro benzene ring substituents is 1. The second kappa shape index (κ2) is 6.08. The summed E-state index contributed by atoms with van der Waals surface area (Å²) in [5.41, 5.74) is -2.94. The molecule has 0 atom stereocenters. The van der Waals surface area contributed by atoms with Crippen molar-refractivity contribution in [2.24, 2.45) is 0 Å². The number of anilines is 1. The van der Waals surface area contributed by atoms with Gasteiger partial charge in [0, 0.05) is 12.5 Å².